The van der Waals surface area contributed by atoms with Crippen LogP contribution in [0, 0.1) is 11.6 Å². The summed E-state index contributed by atoms with van der Waals surface area (Å²) in [5.74, 6) is -1.46. The highest BCUT2D eigenvalue weighted by Gasteiger charge is 2.38. The molecule has 1 N–H and O–H groups in total. The van der Waals surface area contributed by atoms with Gasteiger partial charge in [0.2, 0.25) is 0 Å². The normalized spacial score (nSPS) is 19.3. The number of carbonyl (C=O) groups excluding carboxylic acids is 1. The number of aliphatic hydroxyl groups is 1. The highest BCUT2D eigenvalue weighted by atomic mass is 19.2. The number of hydrogen-bond acceptors (Lipinski definition) is 5. The zero-order valence-corrected chi connectivity index (χ0v) is 14.4. The summed E-state index contributed by atoms with van der Waals surface area (Å²) >= 11 is 0. The Morgan fingerprint density at radius 3 is 2.85 bits per heavy atom. The Labute approximate surface area is 149 Å². The lowest BCUT2D eigenvalue weighted by Crippen LogP contribution is -2.41. The summed E-state index contributed by atoms with van der Waals surface area (Å²) in [6.07, 6.45) is 0.359. The van der Waals surface area contributed by atoms with Crippen molar-refractivity contribution in [2.24, 2.45) is 0 Å². The van der Waals surface area contributed by atoms with E-state index >= 15 is 0 Å². The number of cyclic esters (lactones) is 1. The Hall–Kier alpha value is -2.61. The van der Waals surface area contributed by atoms with Gasteiger partial charge in [-0.2, -0.15) is 0 Å². The van der Waals surface area contributed by atoms with Crippen molar-refractivity contribution in [1.29, 1.82) is 0 Å². The molecule has 0 aliphatic carbocycles. The smallest absolute Gasteiger partial charge is 0.416 e. The molecule has 1 aliphatic heterocycles. The van der Waals surface area contributed by atoms with Crippen molar-refractivity contribution in [3.05, 3.63) is 53.5 Å². The third-order valence-electron chi connectivity index (χ3n) is 4.40. The molecular weight excluding hydrogens is 344 g/mol. The lowest BCUT2D eigenvalue weighted by Gasteiger charge is -2.22. The molecule has 6 nitrogen and oxygen atoms in total. The van der Waals surface area contributed by atoms with Crippen molar-refractivity contribution in [2.45, 2.75) is 38.3 Å². The molecule has 0 unspecified atom stereocenters. The lowest BCUT2D eigenvalue weighted by molar-refractivity contribution is 0.142. The molecule has 26 heavy (non-hydrogen) atoms. The quantitative estimate of drug-likeness (QED) is 0.884. The van der Waals surface area contributed by atoms with E-state index in [1.807, 2.05) is 0 Å². The first-order chi connectivity index (χ1) is 12.4. The number of ether oxygens (including phenoxy) is 1. The van der Waals surface area contributed by atoms with Crippen LogP contribution in [0.25, 0.3) is 0 Å². The Kier molecular flexibility index (Phi) is 5.13. The van der Waals surface area contributed by atoms with Gasteiger partial charge in [0.25, 0.3) is 0 Å². The van der Waals surface area contributed by atoms with E-state index in [0.29, 0.717) is 11.6 Å². The Morgan fingerprint density at radius 2 is 2.12 bits per heavy atom. The SMILES string of the molecule is C[C@H](Cc1nccc(N2C(=O)OC[C@@H]2[C@@H](C)O)n1)c1cccc(F)c1F. The lowest BCUT2D eigenvalue weighted by atomic mass is 9.96. The predicted octanol–water partition coefficient (Wildman–Crippen LogP) is 2.81. The van der Waals surface area contributed by atoms with Crippen molar-refractivity contribution < 1.29 is 23.4 Å². The summed E-state index contributed by atoms with van der Waals surface area (Å²) in [6.45, 7) is 3.38. The maximum atomic E-state index is 14.0. The summed E-state index contributed by atoms with van der Waals surface area (Å²) in [5.41, 5.74) is 0.237. The largest absolute Gasteiger partial charge is 0.447 e. The van der Waals surface area contributed by atoms with Crippen molar-refractivity contribution in [2.75, 3.05) is 11.5 Å². The highest BCUT2D eigenvalue weighted by Crippen LogP contribution is 2.26. The monoisotopic (exact) mass is 363 g/mol. The summed E-state index contributed by atoms with van der Waals surface area (Å²) in [6, 6.07) is 5.04. The summed E-state index contributed by atoms with van der Waals surface area (Å²) in [5, 5.41) is 9.83. The van der Waals surface area contributed by atoms with E-state index in [1.165, 1.54) is 23.2 Å². The molecular formula is C18H19F2N3O3. The average molecular weight is 363 g/mol. The van der Waals surface area contributed by atoms with Crippen LogP contribution in [-0.2, 0) is 11.2 Å². The highest BCUT2D eigenvalue weighted by molar-refractivity contribution is 5.89. The minimum absolute atomic E-state index is 0.0702. The first-order valence-electron chi connectivity index (χ1n) is 8.28. The van der Waals surface area contributed by atoms with Crippen LogP contribution in [0.1, 0.15) is 31.2 Å². The fourth-order valence-electron chi connectivity index (χ4n) is 2.96. The van der Waals surface area contributed by atoms with Crippen LogP contribution >= 0.6 is 0 Å². The fourth-order valence-corrected chi connectivity index (χ4v) is 2.96. The third-order valence-corrected chi connectivity index (χ3v) is 4.40. The molecule has 8 heteroatoms. The molecule has 1 aromatic carbocycles. The molecule has 2 heterocycles. The van der Waals surface area contributed by atoms with Crippen LogP contribution in [0.2, 0.25) is 0 Å². The zero-order valence-electron chi connectivity index (χ0n) is 14.4. The van der Waals surface area contributed by atoms with E-state index in [0.717, 1.165) is 6.07 Å². The van der Waals surface area contributed by atoms with Gasteiger partial charge in [0, 0.05) is 12.6 Å². The Balaban J connectivity index is 1.83. The molecule has 0 saturated carbocycles. The zero-order chi connectivity index (χ0) is 18.8. The number of anilines is 1. The van der Waals surface area contributed by atoms with Crippen LogP contribution in [0.3, 0.4) is 0 Å². The van der Waals surface area contributed by atoms with Gasteiger partial charge < -0.3 is 9.84 Å². The molecule has 138 valence electrons. The number of aliphatic hydroxyl groups excluding tert-OH is 1. The van der Waals surface area contributed by atoms with Gasteiger partial charge in [0.1, 0.15) is 24.3 Å². The summed E-state index contributed by atoms with van der Waals surface area (Å²) < 4.78 is 32.4. The Morgan fingerprint density at radius 1 is 1.35 bits per heavy atom. The molecule has 1 fully saturated rings. The van der Waals surface area contributed by atoms with E-state index in [9.17, 15) is 18.7 Å². The molecule has 1 amide bonds. The van der Waals surface area contributed by atoms with Crippen molar-refractivity contribution in [1.82, 2.24) is 9.97 Å². The van der Waals surface area contributed by atoms with Gasteiger partial charge in [-0.05, 0) is 30.5 Å². The van der Waals surface area contributed by atoms with Gasteiger partial charge in [-0.25, -0.2) is 23.5 Å². The van der Waals surface area contributed by atoms with Crippen molar-refractivity contribution in [3.8, 4) is 0 Å². The van der Waals surface area contributed by atoms with Gasteiger partial charge in [0.15, 0.2) is 11.6 Å². The van der Waals surface area contributed by atoms with Gasteiger partial charge in [-0.15, -0.1) is 0 Å². The molecule has 3 atom stereocenters. The standard InChI is InChI=1S/C18H19F2N3O3/c1-10(12-4-3-5-13(19)17(12)20)8-15-21-7-6-16(22-15)23-14(11(2)24)9-26-18(23)25/h3-7,10-11,14,24H,8-9H2,1-2H3/t10-,11-,14-/m1/s1. The van der Waals surface area contributed by atoms with Crippen LogP contribution in [-0.4, -0.2) is 39.9 Å². The number of rotatable bonds is 5. The van der Waals surface area contributed by atoms with Gasteiger partial charge >= 0.3 is 6.09 Å². The average Bonchev–Trinajstić information content (AvgIpc) is 2.99. The van der Waals surface area contributed by atoms with Crippen molar-refractivity contribution in [3.63, 3.8) is 0 Å². The number of carbonyl (C=O) groups is 1. The molecule has 0 radical (unpaired) electrons. The molecule has 1 saturated heterocycles. The number of halogens is 2. The number of hydrogen-bond donors (Lipinski definition) is 1. The van der Waals surface area contributed by atoms with Gasteiger partial charge in [-0.3, -0.25) is 4.90 Å². The minimum atomic E-state index is -0.899. The third kappa shape index (κ3) is 3.50. The first kappa shape index (κ1) is 18.2. The number of benzene rings is 1. The van der Waals surface area contributed by atoms with Gasteiger partial charge in [-0.1, -0.05) is 19.1 Å². The second-order valence-corrected chi connectivity index (χ2v) is 6.33. The number of aromatic nitrogens is 2. The van der Waals surface area contributed by atoms with E-state index < -0.39 is 29.9 Å². The second-order valence-electron chi connectivity index (χ2n) is 6.33. The molecule has 1 aliphatic rings. The molecule has 1 aromatic heterocycles. The van der Waals surface area contributed by atoms with E-state index in [4.69, 9.17) is 4.74 Å². The predicted molar refractivity (Wildman–Crippen MR) is 89.8 cm³/mol. The van der Waals surface area contributed by atoms with Crippen LogP contribution in [0.5, 0.6) is 0 Å². The second kappa shape index (κ2) is 7.33. The Bertz CT molecular complexity index is 816. The van der Waals surface area contributed by atoms with Crippen molar-refractivity contribution >= 4 is 11.9 Å². The van der Waals surface area contributed by atoms with Crippen LogP contribution in [0.15, 0.2) is 30.5 Å². The van der Waals surface area contributed by atoms with E-state index in [1.54, 1.807) is 19.9 Å². The van der Waals surface area contributed by atoms with E-state index in [2.05, 4.69) is 9.97 Å². The van der Waals surface area contributed by atoms with Crippen LogP contribution < -0.4 is 4.90 Å². The molecule has 0 bridgehead atoms. The molecule has 3 rings (SSSR count). The summed E-state index contributed by atoms with van der Waals surface area (Å²) in [7, 11) is 0. The number of nitrogens with zero attached hydrogens (tertiary/aromatic N) is 3. The topological polar surface area (TPSA) is 75.6 Å². The molecule has 2 aromatic rings. The molecule has 0 spiro atoms. The maximum Gasteiger partial charge on any atom is 0.416 e. The summed E-state index contributed by atoms with van der Waals surface area (Å²) in [4.78, 5) is 21.7. The first-order valence-corrected chi connectivity index (χ1v) is 8.28. The minimum Gasteiger partial charge on any atom is -0.447 e. The van der Waals surface area contributed by atoms with Crippen LogP contribution in [0.4, 0.5) is 19.4 Å². The maximum absolute atomic E-state index is 14.0. The van der Waals surface area contributed by atoms with Gasteiger partial charge in [0.05, 0.1) is 6.10 Å². The van der Waals surface area contributed by atoms with E-state index in [-0.39, 0.29) is 24.5 Å². The fraction of sp³-hybridized carbons (Fsp3) is 0.389. The number of amides is 1.